The summed E-state index contributed by atoms with van der Waals surface area (Å²) in [7, 11) is 0. The molecule has 1 atom stereocenters. The van der Waals surface area contributed by atoms with Gasteiger partial charge in [0.15, 0.2) is 6.10 Å². The molecule has 78 heavy (non-hydrogen) atoms. The minimum atomic E-state index is -0.806. The normalized spacial score (nSPS) is 13.2. The Morgan fingerprint density at radius 1 is 0.308 bits per heavy atom. The Kier molecular flexibility index (Phi) is 63.4. The van der Waals surface area contributed by atoms with Crippen molar-refractivity contribution in [1.29, 1.82) is 0 Å². The standard InChI is InChI=1S/C73H120O5/c1-3-5-7-9-11-13-15-17-19-21-23-25-27-29-31-33-35-36-38-40-42-44-46-48-50-52-54-56-58-60-62-64-66-68-73(76)78-71(69-74)70-77-72(75)67-65-63-61-59-57-55-53-51-49-47-45-43-41-39-37-34-32-30-28-26-24-22-20-18-16-14-12-10-8-6-4-2/h5,7,11,13,16-19,22-25,29,31,35-36,40,42,46,48,52,54,58,60,71,74H,3-4,6,8-10,12,14-15,20-21,26-28,30,32-34,37-39,41,43-45,47,49-51,53,55-57,59,61-70H2,1-2H3/b7-5-,13-11-,18-16-,19-17-,24-22-,25-23-,31-29-,36-35-,42-40-,48-46-,54-52-,60-58-. The van der Waals surface area contributed by atoms with Crippen molar-refractivity contribution in [3.05, 3.63) is 146 Å². The molecule has 0 saturated carbocycles. The predicted octanol–water partition coefficient (Wildman–Crippen LogP) is 22.5. The maximum atomic E-state index is 12.3. The molecule has 442 valence electrons. The number of rotatable bonds is 58. The summed E-state index contributed by atoms with van der Waals surface area (Å²) in [6, 6.07) is 0. The Balaban J connectivity index is 3.59. The highest BCUT2D eigenvalue weighted by Gasteiger charge is 2.16. The summed E-state index contributed by atoms with van der Waals surface area (Å²) in [5.74, 6) is -0.643. The molecule has 5 heteroatoms. The van der Waals surface area contributed by atoms with Crippen LogP contribution in [0.15, 0.2) is 146 Å². The average molecular weight is 1080 g/mol. The van der Waals surface area contributed by atoms with E-state index in [4.69, 9.17) is 9.47 Å². The van der Waals surface area contributed by atoms with E-state index < -0.39 is 6.10 Å². The van der Waals surface area contributed by atoms with Crippen LogP contribution < -0.4 is 0 Å². The monoisotopic (exact) mass is 1080 g/mol. The maximum Gasteiger partial charge on any atom is 0.306 e. The van der Waals surface area contributed by atoms with Crippen molar-refractivity contribution in [1.82, 2.24) is 0 Å². The molecule has 0 aliphatic carbocycles. The highest BCUT2D eigenvalue weighted by molar-refractivity contribution is 5.70. The summed E-state index contributed by atoms with van der Waals surface area (Å²) in [5.41, 5.74) is 0. The predicted molar refractivity (Wildman–Crippen MR) is 343 cm³/mol. The molecule has 0 fully saturated rings. The first-order chi connectivity index (χ1) is 38.6. The van der Waals surface area contributed by atoms with E-state index in [1.165, 1.54) is 148 Å². The van der Waals surface area contributed by atoms with Gasteiger partial charge in [-0.05, 0) is 122 Å². The Hall–Kier alpha value is -4.22. The van der Waals surface area contributed by atoms with Crippen molar-refractivity contribution in [2.75, 3.05) is 13.2 Å². The van der Waals surface area contributed by atoms with Crippen LogP contribution >= 0.6 is 0 Å². The van der Waals surface area contributed by atoms with Crippen LogP contribution in [0.2, 0.25) is 0 Å². The first-order valence-corrected chi connectivity index (χ1v) is 32.4. The summed E-state index contributed by atoms with van der Waals surface area (Å²) >= 11 is 0. The van der Waals surface area contributed by atoms with Gasteiger partial charge in [-0.15, -0.1) is 0 Å². The molecule has 0 bridgehead atoms. The molecule has 0 radical (unpaired) electrons. The zero-order valence-electron chi connectivity index (χ0n) is 50.6. The molecular weight excluding hydrogens is 957 g/mol. The lowest BCUT2D eigenvalue weighted by Crippen LogP contribution is -2.28. The van der Waals surface area contributed by atoms with Crippen LogP contribution in [-0.4, -0.2) is 36.4 Å². The van der Waals surface area contributed by atoms with Gasteiger partial charge in [0.05, 0.1) is 6.61 Å². The molecule has 1 N–H and O–H groups in total. The third-order valence-electron chi connectivity index (χ3n) is 13.6. The van der Waals surface area contributed by atoms with Gasteiger partial charge in [-0.25, -0.2) is 0 Å². The van der Waals surface area contributed by atoms with Gasteiger partial charge in [0.25, 0.3) is 0 Å². The largest absolute Gasteiger partial charge is 0.462 e. The van der Waals surface area contributed by atoms with Crippen molar-refractivity contribution in [3.63, 3.8) is 0 Å². The highest BCUT2D eigenvalue weighted by Crippen LogP contribution is 2.16. The summed E-state index contributed by atoms with van der Waals surface area (Å²) in [6.45, 7) is 3.99. The van der Waals surface area contributed by atoms with Crippen molar-refractivity contribution >= 4 is 11.9 Å². The molecule has 0 rings (SSSR count). The molecule has 0 saturated heterocycles. The Labute approximate surface area is 482 Å². The molecule has 0 aromatic rings. The molecule has 0 aromatic carbocycles. The van der Waals surface area contributed by atoms with E-state index in [2.05, 4.69) is 160 Å². The van der Waals surface area contributed by atoms with Crippen molar-refractivity contribution in [2.45, 2.75) is 290 Å². The second-order valence-electron chi connectivity index (χ2n) is 21.1. The second-order valence-corrected chi connectivity index (χ2v) is 21.1. The summed E-state index contributed by atoms with van der Waals surface area (Å²) < 4.78 is 10.7. The van der Waals surface area contributed by atoms with Gasteiger partial charge >= 0.3 is 11.9 Å². The number of aliphatic hydroxyl groups excluding tert-OH is 1. The zero-order valence-corrected chi connectivity index (χ0v) is 50.6. The average Bonchev–Trinajstić information content (AvgIpc) is 3.44. The van der Waals surface area contributed by atoms with Crippen LogP contribution in [0.4, 0.5) is 0 Å². The maximum absolute atomic E-state index is 12.3. The van der Waals surface area contributed by atoms with Crippen LogP contribution in [0.25, 0.3) is 0 Å². The number of carbonyl (C=O) groups is 2. The van der Waals surface area contributed by atoms with Crippen molar-refractivity contribution < 1.29 is 24.2 Å². The van der Waals surface area contributed by atoms with Gasteiger partial charge in [0.1, 0.15) is 6.61 Å². The number of ether oxygens (including phenoxy) is 2. The minimum absolute atomic E-state index is 0.0906. The molecular formula is C73H120O5. The fraction of sp³-hybridized carbons (Fsp3) is 0.644. The van der Waals surface area contributed by atoms with Crippen molar-refractivity contribution in [2.24, 2.45) is 0 Å². The quantitative estimate of drug-likeness (QED) is 0.0373. The molecule has 0 heterocycles. The van der Waals surface area contributed by atoms with Gasteiger partial charge in [0, 0.05) is 12.8 Å². The fourth-order valence-electron chi connectivity index (χ4n) is 8.79. The number of allylic oxidation sites excluding steroid dienone is 24. The molecule has 5 nitrogen and oxygen atoms in total. The summed E-state index contributed by atoms with van der Waals surface area (Å²) in [6.07, 6.45) is 101. The third-order valence-corrected chi connectivity index (χ3v) is 13.6. The number of hydrogen-bond acceptors (Lipinski definition) is 5. The third kappa shape index (κ3) is 64.3. The highest BCUT2D eigenvalue weighted by atomic mass is 16.6. The number of aliphatic hydroxyl groups is 1. The lowest BCUT2D eigenvalue weighted by atomic mass is 10.0. The lowest BCUT2D eigenvalue weighted by Gasteiger charge is -2.15. The van der Waals surface area contributed by atoms with Gasteiger partial charge in [-0.1, -0.05) is 295 Å². The van der Waals surface area contributed by atoms with E-state index in [-0.39, 0.29) is 25.2 Å². The Morgan fingerprint density at radius 2 is 0.551 bits per heavy atom. The first-order valence-electron chi connectivity index (χ1n) is 32.4. The first kappa shape index (κ1) is 73.8. The van der Waals surface area contributed by atoms with Gasteiger partial charge in [0.2, 0.25) is 0 Å². The second kappa shape index (κ2) is 67.1. The smallest absolute Gasteiger partial charge is 0.306 e. The van der Waals surface area contributed by atoms with E-state index in [0.717, 1.165) is 109 Å². The molecule has 0 aliphatic rings. The van der Waals surface area contributed by atoms with Gasteiger partial charge < -0.3 is 14.6 Å². The Bertz CT molecular complexity index is 1650. The van der Waals surface area contributed by atoms with Crippen LogP contribution in [0.1, 0.15) is 284 Å². The molecule has 1 unspecified atom stereocenters. The molecule has 0 spiro atoms. The number of carbonyl (C=O) groups excluding carboxylic acids is 2. The zero-order chi connectivity index (χ0) is 56.2. The lowest BCUT2D eigenvalue weighted by molar-refractivity contribution is -0.161. The van der Waals surface area contributed by atoms with Gasteiger partial charge in [-0.3, -0.25) is 9.59 Å². The van der Waals surface area contributed by atoms with Crippen LogP contribution in [-0.2, 0) is 19.1 Å². The summed E-state index contributed by atoms with van der Waals surface area (Å²) in [4.78, 5) is 24.6. The number of esters is 2. The van der Waals surface area contributed by atoms with Crippen LogP contribution in [0, 0.1) is 0 Å². The SMILES string of the molecule is CC/C=C\C/C=C\C/C=C\C/C=C\C/C=C\C/C=C\C/C=C\C/C=C\C/C=C\C/C=C\CCCCC(=O)OC(CO)COC(=O)CCCCCCCCCCCCCCCCCCCCC/C=C\C/C=C\CCCCCCC. The van der Waals surface area contributed by atoms with Gasteiger partial charge in [-0.2, -0.15) is 0 Å². The van der Waals surface area contributed by atoms with E-state index in [9.17, 15) is 14.7 Å². The molecule has 0 aliphatic heterocycles. The minimum Gasteiger partial charge on any atom is -0.462 e. The number of hydrogen-bond donors (Lipinski definition) is 1. The molecule has 0 amide bonds. The fourth-order valence-corrected chi connectivity index (χ4v) is 8.79. The molecule has 0 aromatic heterocycles. The van der Waals surface area contributed by atoms with E-state index in [0.29, 0.717) is 12.8 Å². The Morgan fingerprint density at radius 3 is 0.859 bits per heavy atom. The van der Waals surface area contributed by atoms with E-state index in [1.54, 1.807) is 0 Å². The van der Waals surface area contributed by atoms with Crippen LogP contribution in [0.3, 0.4) is 0 Å². The topological polar surface area (TPSA) is 72.8 Å². The van der Waals surface area contributed by atoms with Crippen molar-refractivity contribution in [3.8, 4) is 0 Å². The number of unbranched alkanes of at least 4 members (excludes halogenated alkanes) is 26. The summed E-state index contributed by atoms with van der Waals surface area (Å²) in [5, 5.41) is 9.68. The van der Waals surface area contributed by atoms with E-state index in [1.807, 2.05) is 0 Å². The van der Waals surface area contributed by atoms with Crippen LogP contribution in [0.5, 0.6) is 0 Å². The van der Waals surface area contributed by atoms with E-state index >= 15 is 0 Å².